The van der Waals surface area contributed by atoms with Gasteiger partial charge in [-0.2, -0.15) is 0 Å². The van der Waals surface area contributed by atoms with Crippen LogP contribution in [0.3, 0.4) is 0 Å². The normalized spacial score (nSPS) is 10.5. The maximum Gasteiger partial charge on any atom is 0.0344 e. The quantitative estimate of drug-likeness (QED) is 0.765. The fraction of sp³-hybridized carbons (Fsp3) is 0.500. The summed E-state index contributed by atoms with van der Waals surface area (Å²) in [6, 6.07) is 10.4. The van der Waals surface area contributed by atoms with Gasteiger partial charge < -0.3 is 11.5 Å². The van der Waals surface area contributed by atoms with E-state index in [1.165, 1.54) is 5.69 Å². The molecule has 0 aromatic heterocycles. The second-order valence-electron chi connectivity index (χ2n) is 3.76. The lowest BCUT2D eigenvalue weighted by Gasteiger charge is -2.29. The van der Waals surface area contributed by atoms with Crippen molar-refractivity contribution in [3.8, 4) is 0 Å². The Morgan fingerprint density at radius 2 is 1.57 bits per heavy atom. The van der Waals surface area contributed by atoms with Crippen LogP contribution in [-0.2, 0) is 0 Å². The predicted molar refractivity (Wildman–Crippen MR) is 64.1 cm³/mol. The molecular weight excluding hydrogens is 172 g/mol. The van der Waals surface area contributed by atoms with Crippen LogP contribution >= 0.6 is 0 Å². The van der Waals surface area contributed by atoms with Crippen LogP contribution in [0.2, 0.25) is 0 Å². The molecule has 0 aliphatic rings. The van der Waals surface area contributed by atoms with E-state index in [1.54, 1.807) is 0 Å². The molecule has 2 heteroatoms. The minimum atomic E-state index is 0. The summed E-state index contributed by atoms with van der Waals surface area (Å²) >= 11 is 0. The van der Waals surface area contributed by atoms with E-state index in [9.17, 15) is 0 Å². The zero-order valence-corrected chi connectivity index (χ0v) is 9.51. The van der Waals surface area contributed by atoms with E-state index >= 15 is 0 Å². The second kappa shape index (κ2) is 5.66. The molecule has 0 spiro atoms. The molecule has 0 aliphatic heterocycles. The smallest absolute Gasteiger partial charge is 0.0344 e. The van der Waals surface area contributed by atoms with Gasteiger partial charge in [0.05, 0.1) is 0 Å². The predicted octanol–water partition coefficient (Wildman–Crippen LogP) is 3.84. The summed E-state index contributed by atoms with van der Waals surface area (Å²) < 4.78 is 0. The molecule has 4 N–H and O–H groups in total. The minimum Gasteiger partial charge on any atom is -0.380 e. The van der Waals surface area contributed by atoms with E-state index in [-0.39, 0.29) is 11.7 Å². The molecule has 0 fully saturated rings. The zero-order valence-electron chi connectivity index (χ0n) is 9.51. The van der Waals surface area contributed by atoms with Gasteiger partial charge in [0.25, 0.3) is 0 Å². The molecule has 2 nitrogen and oxygen atoms in total. The van der Waals surface area contributed by atoms with Gasteiger partial charge in [-0.1, -0.05) is 32.0 Å². The third-order valence-electron chi connectivity index (χ3n) is 2.78. The highest BCUT2D eigenvalue weighted by Gasteiger charge is 2.18. The molecule has 0 saturated heterocycles. The Balaban J connectivity index is 0.00000169. The van der Waals surface area contributed by atoms with Crippen LogP contribution in [0.25, 0.3) is 0 Å². The number of anilines is 1. The lowest BCUT2D eigenvalue weighted by atomic mass is 9.95. The van der Waals surface area contributed by atoms with Gasteiger partial charge in [0.2, 0.25) is 0 Å². The first-order valence-electron chi connectivity index (χ1n) is 5.03. The molecule has 0 radical (unpaired) electrons. The third kappa shape index (κ3) is 3.38. The summed E-state index contributed by atoms with van der Waals surface area (Å²) in [4.78, 5) is 0. The van der Waals surface area contributed by atoms with Crippen molar-refractivity contribution in [2.75, 3.05) is 5.32 Å². The van der Waals surface area contributed by atoms with E-state index in [2.05, 4.69) is 50.4 Å². The number of nitrogens with one attached hydrogen (secondary N) is 1. The Morgan fingerprint density at radius 3 is 2.00 bits per heavy atom. The summed E-state index contributed by atoms with van der Waals surface area (Å²) in [5, 5.41) is 3.55. The molecule has 1 aromatic rings. The third-order valence-corrected chi connectivity index (χ3v) is 2.78. The molecule has 1 aromatic carbocycles. The first kappa shape index (κ1) is 13.0. The summed E-state index contributed by atoms with van der Waals surface area (Å²) in [7, 11) is 0. The van der Waals surface area contributed by atoms with E-state index in [0.717, 1.165) is 12.8 Å². The van der Waals surface area contributed by atoms with Crippen LogP contribution in [0.15, 0.2) is 30.3 Å². The van der Waals surface area contributed by atoms with Gasteiger partial charge in [-0.15, -0.1) is 0 Å². The first-order chi connectivity index (χ1) is 6.20. The lowest BCUT2D eigenvalue weighted by Crippen LogP contribution is -2.32. The van der Waals surface area contributed by atoms with Crippen molar-refractivity contribution in [2.45, 2.75) is 39.2 Å². The Kier molecular flexibility index (Phi) is 5.24. The van der Waals surface area contributed by atoms with E-state index < -0.39 is 0 Å². The molecule has 80 valence electrons. The number of hydrogen-bond acceptors (Lipinski definition) is 2. The Labute approximate surface area is 87.3 Å². The molecular formula is C12H22N2. The molecule has 0 amide bonds. The molecule has 14 heavy (non-hydrogen) atoms. The Hall–Kier alpha value is -1.02. The van der Waals surface area contributed by atoms with E-state index in [4.69, 9.17) is 0 Å². The Bertz CT molecular complexity index is 240. The van der Waals surface area contributed by atoms with Crippen LogP contribution in [0, 0.1) is 0 Å². The molecule has 1 rings (SSSR count). The molecule has 0 saturated carbocycles. The summed E-state index contributed by atoms with van der Waals surface area (Å²) in [6.07, 6.45) is 2.30. The second-order valence-corrected chi connectivity index (χ2v) is 3.76. The van der Waals surface area contributed by atoms with Crippen LogP contribution in [0.5, 0.6) is 0 Å². The van der Waals surface area contributed by atoms with Crippen molar-refractivity contribution < 1.29 is 0 Å². The highest BCUT2D eigenvalue weighted by Crippen LogP contribution is 2.20. The van der Waals surface area contributed by atoms with E-state index in [1.807, 2.05) is 6.07 Å². The number of rotatable bonds is 4. The van der Waals surface area contributed by atoms with Crippen molar-refractivity contribution in [3.05, 3.63) is 30.3 Å². The average molecular weight is 194 g/mol. The zero-order chi connectivity index (χ0) is 9.73. The molecule has 0 bridgehead atoms. The van der Waals surface area contributed by atoms with E-state index in [0.29, 0.717) is 0 Å². The van der Waals surface area contributed by atoms with Crippen LogP contribution < -0.4 is 11.5 Å². The van der Waals surface area contributed by atoms with Gasteiger partial charge in [0.15, 0.2) is 0 Å². The van der Waals surface area contributed by atoms with Gasteiger partial charge in [-0.05, 0) is 31.9 Å². The fourth-order valence-electron chi connectivity index (χ4n) is 1.30. The van der Waals surface area contributed by atoms with Crippen molar-refractivity contribution in [2.24, 2.45) is 0 Å². The number of para-hydroxylation sites is 1. The molecule has 0 aliphatic carbocycles. The minimum absolute atomic E-state index is 0. The highest BCUT2D eigenvalue weighted by atomic mass is 15.0. The number of hydrogen-bond donors (Lipinski definition) is 2. The summed E-state index contributed by atoms with van der Waals surface area (Å²) in [5.74, 6) is 0. The largest absolute Gasteiger partial charge is 0.380 e. The van der Waals surface area contributed by atoms with Crippen molar-refractivity contribution in [1.82, 2.24) is 6.15 Å². The first-order valence-corrected chi connectivity index (χ1v) is 5.03. The van der Waals surface area contributed by atoms with Gasteiger partial charge in [-0.3, -0.25) is 0 Å². The summed E-state index contributed by atoms with van der Waals surface area (Å²) in [5.41, 5.74) is 1.45. The van der Waals surface area contributed by atoms with Gasteiger partial charge in [0.1, 0.15) is 0 Å². The lowest BCUT2D eigenvalue weighted by molar-refractivity contribution is 0.478. The molecule has 0 heterocycles. The van der Waals surface area contributed by atoms with Crippen molar-refractivity contribution in [1.29, 1.82) is 0 Å². The van der Waals surface area contributed by atoms with Gasteiger partial charge in [0, 0.05) is 11.2 Å². The van der Waals surface area contributed by atoms with Crippen LogP contribution in [-0.4, -0.2) is 5.54 Å². The van der Waals surface area contributed by atoms with Crippen molar-refractivity contribution in [3.63, 3.8) is 0 Å². The topological polar surface area (TPSA) is 47.0 Å². The van der Waals surface area contributed by atoms with Crippen LogP contribution in [0.1, 0.15) is 33.6 Å². The van der Waals surface area contributed by atoms with Gasteiger partial charge in [-0.25, -0.2) is 0 Å². The SMILES string of the molecule is CCC(C)(CC)Nc1ccccc1.N. The number of benzene rings is 1. The summed E-state index contributed by atoms with van der Waals surface area (Å²) in [6.45, 7) is 6.71. The maximum absolute atomic E-state index is 3.55. The van der Waals surface area contributed by atoms with Gasteiger partial charge >= 0.3 is 0 Å². The molecule has 0 unspecified atom stereocenters. The van der Waals surface area contributed by atoms with Crippen molar-refractivity contribution >= 4 is 5.69 Å². The fourth-order valence-corrected chi connectivity index (χ4v) is 1.30. The monoisotopic (exact) mass is 194 g/mol. The highest BCUT2D eigenvalue weighted by molar-refractivity contribution is 5.44. The Morgan fingerprint density at radius 1 is 1.07 bits per heavy atom. The maximum atomic E-state index is 3.55. The van der Waals surface area contributed by atoms with Crippen LogP contribution in [0.4, 0.5) is 5.69 Å². The molecule has 0 atom stereocenters. The standard InChI is InChI=1S/C12H19N.H3N/c1-4-12(3,5-2)13-11-9-7-6-8-10-11;/h6-10,13H,4-5H2,1-3H3;1H3. The average Bonchev–Trinajstić information content (AvgIpc) is 2.19.